The average molecular weight is 410 g/mol. The van der Waals surface area contributed by atoms with E-state index in [1.807, 2.05) is 64.1 Å². The van der Waals surface area contributed by atoms with Gasteiger partial charge in [0.25, 0.3) is 0 Å². The Morgan fingerprint density at radius 1 is 0.767 bits per heavy atom. The molecule has 0 unspecified atom stereocenters. The topological polar surface area (TPSA) is 61.4 Å². The van der Waals surface area contributed by atoms with Crippen molar-refractivity contribution in [3.05, 3.63) is 58.7 Å². The smallest absolute Gasteiger partial charge is 0.238 e. The number of carbonyl (C=O) groups excluding carboxylic acids is 2. The lowest BCUT2D eigenvalue weighted by Gasteiger charge is -2.20. The normalized spacial score (nSPS) is 10.9. The summed E-state index contributed by atoms with van der Waals surface area (Å²) in [5, 5.41) is 6.08. The summed E-state index contributed by atoms with van der Waals surface area (Å²) in [5.74, 6) is 0.0465. The molecule has 0 aliphatic rings. The van der Waals surface area contributed by atoms with Crippen LogP contribution in [-0.2, 0) is 9.59 Å². The predicted octanol–water partition coefficient (Wildman–Crippen LogP) is 4.99. The molecule has 2 aromatic rings. The highest BCUT2D eigenvalue weighted by Crippen LogP contribution is 2.20. The van der Waals surface area contributed by atoms with E-state index in [1.165, 1.54) is 0 Å². The van der Waals surface area contributed by atoms with Crippen LogP contribution in [0.4, 0.5) is 11.4 Å². The van der Waals surface area contributed by atoms with Gasteiger partial charge >= 0.3 is 0 Å². The van der Waals surface area contributed by atoms with Crippen LogP contribution >= 0.6 is 0 Å². The van der Waals surface area contributed by atoms with Gasteiger partial charge in [0.05, 0.1) is 6.54 Å². The lowest BCUT2D eigenvalue weighted by atomic mass is 10.1. The maximum atomic E-state index is 12.5. The highest BCUT2D eigenvalue weighted by atomic mass is 16.2. The van der Waals surface area contributed by atoms with Gasteiger partial charge < -0.3 is 10.6 Å². The Morgan fingerprint density at radius 2 is 1.23 bits per heavy atom. The quantitative estimate of drug-likeness (QED) is 0.544. The molecule has 2 rings (SSSR count). The van der Waals surface area contributed by atoms with Crippen molar-refractivity contribution in [3.8, 4) is 0 Å². The molecule has 0 aromatic heterocycles. The molecular formula is C25H35N3O2. The number of anilines is 2. The van der Waals surface area contributed by atoms with E-state index in [-0.39, 0.29) is 11.8 Å². The molecule has 2 aromatic carbocycles. The Labute approximate surface area is 180 Å². The third kappa shape index (κ3) is 6.99. The fourth-order valence-electron chi connectivity index (χ4n) is 3.58. The number of nitrogens with zero attached hydrogens (tertiary/aromatic N) is 1. The minimum absolute atomic E-state index is 0.00187. The Bertz CT molecular complexity index is 836. The molecule has 0 saturated heterocycles. The highest BCUT2D eigenvalue weighted by molar-refractivity contribution is 5.94. The van der Waals surface area contributed by atoms with Gasteiger partial charge in [-0.2, -0.15) is 0 Å². The zero-order valence-corrected chi connectivity index (χ0v) is 19.0. The summed E-state index contributed by atoms with van der Waals surface area (Å²) in [6, 6.07) is 12.0. The number of amides is 2. The number of carbonyl (C=O) groups is 2. The number of rotatable bonds is 10. The van der Waals surface area contributed by atoms with Crippen molar-refractivity contribution >= 4 is 23.2 Å². The minimum atomic E-state index is 0.00187. The molecule has 5 nitrogen and oxygen atoms in total. The predicted molar refractivity (Wildman–Crippen MR) is 125 cm³/mol. The van der Waals surface area contributed by atoms with Crippen molar-refractivity contribution in [2.24, 2.45) is 0 Å². The Hall–Kier alpha value is -2.66. The van der Waals surface area contributed by atoms with E-state index in [9.17, 15) is 9.59 Å². The third-order valence-corrected chi connectivity index (χ3v) is 5.43. The van der Waals surface area contributed by atoms with Gasteiger partial charge in [-0.1, -0.05) is 43.3 Å². The maximum Gasteiger partial charge on any atom is 0.238 e. The van der Waals surface area contributed by atoms with Gasteiger partial charge in [0, 0.05) is 17.8 Å². The fourth-order valence-corrected chi connectivity index (χ4v) is 3.58. The van der Waals surface area contributed by atoms with Crippen molar-refractivity contribution in [3.63, 3.8) is 0 Å². The first kappa shape index (κ1) is 23.6. The summed E-state index contributed by atoms with van der Waals surface area (Å²) in [6.45, 7) is 12.0. The van der Waals surface area contributed by atoms with Crippen LogP contribution in [-0.4, -0.2) is 36.3 Å². The molecule has 0 atom stereocenters. The van der Waals surface area contributed by atoms with Crippen LogP contribution in [0.5, 0.6) is 0 Å². The highest BCUT2D eigenvalue weighted by Gasteiger charge is 2.12. The van der Waals surface area contributed by atoms with Crippen LogP contribution in [0.3, 0.4) is 0 Å². The molecule has 0 aliphatic heterocycles. The summed E-state index contributed by atoms with van der Waals surface area (Å²) in [4.78, 5) is 26.9. The summed E-state index contributed by atoms with van der Waals surface area (Å²) in [7, 11) is 0. The number of nitrogens with one attached hydrogen (secondary N) is 2. The number of hydrogen-bond donors (Lipinski definition) is 2. The molecule has 0 radical (unpaired) electrons. The summed E-state index contributed by atoms with van der Waals surface area (Å²) in [5.41, 5.74) is 6.12. The average Bonchev–Trinajstić information content (AvgIpc) is 2.70. The molecule has 2 N–H and O–H groups in total. The van der Waals surface area contributed by atoms with Crippen molar-refractivity contribution in [1.82, 2.24) is 4.90 Å². The standard InChI is InChI=1S/C25H35N3O2/c1-6-28(17-23(30)27-25-20(4)13-10-14-21(25)5)16-8-7-15-22(29)26-24-18(2)11-9-12-19(24)3/h9-14H,6-8,15-17H2,1-5H3,(H,26,29)(H,27,30). The van der Waals surface area contributed by atoms with Crippen LogP contribution in [0, 0.1) is 27.7 Å². The van der Waals surface area contributed by atoms with Crippen LogP contribution in [0.2, 0.25) is 0 Å². The van der Waals surface area contributed by atoms with Crippen LogP contribution < -0.4 is 10.6 Å². The fraction of sp³-hybridized carbons (Fsp3) is 0.440. The van der Waals surface area contributed by atoms with Crippen LogP contribution in [0.15, 0.2) is 36.4 Å². The van der Waals surface area contributed by atoms with Crippen molar-refractivity contribution < 1.29 is 9.59 Å². The second-order valence-electron chi connectivity index (χ2n) is 7.96. The first-order valence-corrected chi connectivity index (χ1v) is 10.8. The molecule has 0 spiro atoms. The summed E-state index contributed by atoms with van der Waals surface area (Å²) >= 11 is 0. The van der Waals surface area contributed by atoms with E-state index in [4.69, 9.17) is 0 Å². The number of unbranched alkanes of at least 4 members (excludes halogenated alkanes) is 1. The van der Waals surface area contributed by atoms with Crippen LogP contribution in [0.25, 0.3) is 0 Å². The first-order chi connectivity index (χ1) is 14.3. The van der Waals surface area contributed by atoms with Gasteiger partial charge in [0.2, 0.25) is 11.8 Å². The second-order valence-corrected chi connectivity index (χ2v) is 7.96. The van der Waals surface area contributed by atoms with Gasteiger partial charge in [-0.25, -0.2) is 0 Å². The maximum absolute atomic E-state index is 12.5. The number of para-hydroxylation sites is 2. The molecule has 0 heterocycles. The van der Waals surface area contributed by atoms with Crippen molar-refractivity contribution in [2.75, 3.05) is 30.3 Å². The molecule has 0 fully saturated rings. The van der Waals surface area contributed by atoms with E-state index in [2.05, 4.69) is 22.5 Å². The van der Waals surface area contributed by atoms with Gasteiger partial charge in [0.15, 0.2) is 0 Å². The lowest BCUT2D eigenvalue weighted by Crippen LogP contribution is -2.34. The number of benzene rings is 2. The van der Waals surface area contributed by atoms with Crippen molar-refractivity contribution in [2.45, 2.75) is 53.9 Å². The molecule has 30 heavy (non-hydrogen) atoms. The zero-order chi connectivity index (χ0) is 22.1. The largest absolute Gasteiger partial charge is 0.326 e. The van der Waals surface area contributed by atoms with E-state index in [0.29, 0.717) is 13.0 Å². The zero-order valence-electron chi connectivity index (χ0n) is 19.0. The Kier molecular flexibility index (Phi) is 9.06. The molecular weight excluding hydrogens is 374 g/mol. The lowest BCUT2D eigenvalue weighted by molar-refractivity contribution is -0.118. The van der Waals surface area contributed by atoms with E-state index in [1.54, 1.807) is 0 Å². The molecule has 0 bridgehead atoms. The third-order valence-electron chi connectivity index (χ3n) is 5.43. The first-order valence-electron chi connectivity index (χ1n) is 10.8. The van der Waals surface area contributed by atoms with Gasteiger partial charge in [-0.05, 0) is 75.9 Å². The van der Waals surface area contributed by atoms with E-state index < -0.39 is 0 Å². The number of likely N-dealkylation sites (N-methyl/N-ethyl adjacent to an activating group) is 1. The van der Waals surface area contributed by atoms with Gasteiger partial charge in [-0.3, -0.25) is 14.5 Å². The molecule has 5 heteroatoms. The Morgan fingerprint density at radius 3 is 1.70 bits per heavy atom. The molecule has 2 amide bonds. The van der Waals surface area contributed by atoms with E-state index >= 15 is 0 Å². The number of aryl methyl sites for hydroxylation is 4. The monoisotopic (exact) mass is 409 g/mol. The molecule has 162 valence electrons. The second kappa shape index (κ2) is 11.5. The van der Waals surface area contributed by atoms with Gasteiger partial charge in [0.1, 0.15) is 0 Å². The van der Waals surface area contributed by atoms with Crippen molar-refractivity contribution in [1.29, 1.82) is 0 Å². The summed E-state index contributed by atoms with van der Waals surface area (Å²) < 4.78 is 0. The Balaban J connectivity index is 1.75. The molecule has 0 aliphatic carbocycles. The minimum Gasteiger partial charge on any atom is -0.326 e. The van der Waals surface area contributed by atoms with Gasteiger partial charge in [-0.15, -0.1) is 0 Å². The van der Waals surface area contributed by atoms with Crippen LogP contribution in [0.1, 0.15) is 48.4 Å². The van der Waals surface area contributed by atoms with E-state index in [0.717, 1.165) is 59.6 Å². The SMILES string of the molecule is CCN(CCCCC(=O)Nc1c(C)cccc1C)CC(=O)Nc1c(C)cccc1C. The molecule has 0 saturated carbocycles. The summed E-state index contributed by atoms with van der Waals surface area (Å²) in [6.07, 6.45) is 2.16. The number of hydrogen-bond acceptors (Lipinski definition) is 3.